The van der Waals surface area contributed by atoms with Gasteiger partial charge in [-0.2, -0.15) is 0 Å². The second-order valence-electron chi connectivity index (χ2n) is 4.42. The van der Waals surface area contributed by atoms with Gasteiger partial charge in [-0.25, -0.2) is 0 Å². The van der Waals surface area contributed by atoms with Gasteiger partial charge in [0.25, 0.3) is 0 Å². The Bertz CT molecular complexity index is 572. The van der Waals surface area contributed by atoms with Crippen LogP contribution in [-0.2, 0) is 4.79 Å². The van der Waals surface area contributed by atoms with E-state index in [4.69, 9.17) is 0 Å². The van der Waals surface area contributed by atoms with Gasteiger partial charge >= 0.3 is 0 Å². The van der Waals surface area contributed by atoms with Gasteiger partial charge in [0, 0.05) is 5.69 Å². The maximum atomic E-state index is 12.0. The van der Waals surface area contributed by atoms with Crippen molar-refractivity contribution in [2.45, 2.75) is 12.8 Å². The van der Waals surface area contributed by atoms with Crippen molar-refractivity contribution in [1.82, 2.24) is 0 Å². The standard InChI is InChI=1S/C15H13NO/c1-10-6-8-11(9-7-10)14-12-4-2-3-5-13(12)16-15(14)17/h2-9,14H,1H3,(H,16,17). The molecule has 2 aromatic carbocycles. The number of hydrogen-bond acceptors (Lipinski definition) is 1. The van der Waals surface area contributed by atoms with Crippen LogP contribution in [-0.4, -0.2) is 5.91 Å². The lowest BCUT2D eigenvalue weighted by Crippen LogP contribution is -2.13. The molecule has 0 aromatic heterocycles. The van der Waals surface area contributed by atoms with E-state index in [1.807, 2.05) is 55.5 Å². The molecule has 84 valence electrons. The van der Waals surface area contributed by atoms with Crippen LogP contribution in [0.2, 0.25) is 0 Å². The van der Waals surface area contributed by atoms with Crippen LogP contribution in [0, 0.1) is 6.92 Å². The minimum absolute atomic E-state index is 0.0649. The summed E-state index contributed by atoms with van der Waals surface area (Å²) in [4.78, 5) is 12.0. The summed E-state index contributed by atoms with van der Waals surface area (Å²) in [6.07, 6.45) is 0. The molecule has 17 heavy (non-hydrogen) atoms. The lowest BCUT2D eigenvalue weighted by molar-refractivity contribution is -0.116. The van der Waals surface area contributed by atoms with Gasteiger partial charge in [-0.1, -0.05) is 48.0 Å². The van der Waals surface area contributed by atoms with E-state index in [0.717, 1.165) is 16.8 Å². The molecule has 0 fully saturated rings. The summed E-state index contributed by atoms with van der Waals surface area (Å²) in [6.45, 7) is 2.05. The van der Waals surface area contributed by atoms with Crippen molar-refractivity contribution in [3.05, 3.63) is 65.2 Å². The summed E-state index contributed by atoms with van der Waals surface area (Å²) in [6, 6.07) is 16.0. The maximum Gasteiger partial charge on any atom is 0.236 e. The smallest absolute Gasteiger partial charge is 0.236 e. The third kappa shape index (κ3) is 1.62. The molecule has 1 aliphatic heterocycles. The Morgan fingerprint density at radius 3 is 2.47 bits per heavy atom. The van der Waals surface area contributed by atoms with Crippen LogP contribution in [0.5, 0.6) is 0 Å². The summed E-state index contributed by atoms with van der Waals surface area (Å²) in [5.41, 5.74) is 4.27. The fraction of sp³-hybridized carbons (Fsp3) is 0.133. The van der Waals surface area contributed by atoms with Gasteiger partial charge in [0.15, 0.2) is 0 Å². The van der Waals surface area contributed by atoms with Crippen molar-refractivity contribution in [2.75, 3.05) is 5.32 Å². The number of aryl methyl sites for hydroxylation is 1. The van der Waals surface area contributed by atoms with Crippen molar-refractivity contribution in [3.63, 3.8) is 0 Å². The largest absolute Gasteiger partial charge is 0.325 e. The molecule has 1 atom stereocenters. The van der Waals surface area contributed by atoms with Crippen molar-refractivity contribution >= 4 is 11.6 Å². The normalized spacial score (nSPS) is 17.7. The van der Waals surface area contributed by atoms with Crippen molar-refractivity contribution in [1.29, 1.82) is 0 Å². The number of amides is 1. The molecule has 2 aromatic rings. The number of fused-ring (bicyclic) bond motifs is 1. The monoisotopic (exact) mass is 223 g/mol. The second kappa shape index (κ2) is 3.74. The molecule has 1 amide bonds. The van der Waals surface area contributed by atoms with Gasteiger partial charge in [-0.3, -0.25) is 4.79 Å². The van der Waals surface area contributed by atoms with Gasteiger partial charge in [0.1, 0.15) is 0 Å². The first-order valence-electron chi connectivity index (χ1n) is 5.72. The second-order valence-corrected chi connectivity index (χ2v) is 4.42. The molecule has 0 saturated heterocycles. The molecule has 0 radical (unpaired) electrons. The molecular weight excluding hydrogens is 210 g/mol. The topological polar surface area (TPSA) is 29.1 Å². The number of rotatable bonds is 1. The molecule has 0 spiro atoms. The molecule has 0 aliphatic carbocycles. The van der Waals surface area contributed by atoms with Crippen LogP contribution >= 0.6 is 0 Å². The van der Waals surface area contributed by atoms with Crippen LogP contribution in [0.1, 0.15) is 22.6 Å². The Morgan fingerprint density at radius 2 is 1.71 bits per heavy atom. The summed E-state index contributed by atoms with van der Waals surface area (Å²) in [7, 11) is 0. The summed E-state index contributed by atoms with van der Waals surface area (Å²) >= 11 is 0. The quantitative estimate of drug-likeness (QED) is 0.790. The molecule has 0 bridgehead atoms. The van der Waals surface area contributed by atoms with Crippen LogP contribution in [0.15, 0.2) is 48.5 Å². The lowest BCUT2D eigenvalue weighted by atomic mass is 9.92. The van der Waals surface area contributed by atoms with E-state index in [2.05, 4.69) is 5.32 Å². The number of benzene rings is 2. The molecule has 1 aliphatic rings. The van der Waals surface area contributed by atoms with Gasteiger partial charge in [0.2, 0.25) is 5.91 Å². The van der Waals surface area contributed by atoms with Crippen LogP contribution in [0.25, 0.3) is 0 Å². The highest BCUT2D eigenvalue weighted by Gasteiger charge is 2.31. The zero-order valence-electron chi connectivity index (χ0n) is 9.60. The average molecular weight is 223 g/mol. The van der Waals surface area contributed by atoms with Crippen LogP contribution < -0.4 is 5.32 Å². The van der Waals surface area contributed by atoms with Gasteiger partial charge in [-0.15, -0.1) is 0 Å². The predicted octanol–water partition coefficient (Wildman–Crippen LogP) is 3.08. The van der Waals surface area contributed by atoms with E-state index in [9.17, 15) is 4.79 Å². The number of carbonyl (C=O) groups excluding carboxylic acids is 1. The fourth-order valence-corrected chi connectivity index (χ4v) is 2.30. The highest BCUT2D eigenvalue weighted by atomic mass is 16.2. The number of anilines is 1. The molecule has 1 N–H and O–H groups in total. The van der Waals surface area contributed by atoms with E-state index in [0.29, 0.717) is 0 Å². The Kier molecular flexibility index (Phi) is 2.22. The minimum Gasteiger partial charge on any atom is -0.325 e. The third-order valence-electron chi connectivity index (χ3n) is 3.20. The molecular formula is C15H13NO. The van der Waals surface area contributed by atoms with Crippen LogP contribution in [0.4, 0.5) is 5.69 Å². The van der Waals surface area contributed by atoms with E-state index in [-0.39, 0.29) is 11.8 Å². The molecule has 2 heteroatoms. The third-order valence-corrected chi connectivity index (χ3v) is 3.20. The predicted molar refractivity (Wildman–Crippen MR) is 68.1 cm³/mol. The van der Waals surface area contributed by atoms with E-state index in [1.165, 1.54) is 5.56 Å². The molecule has 1 heterocycles. The molecule has 3 rings (SSSR count). The van der Waals surface area contributed by atoms with Gasteiger partial charge in [-0.05, 0) is 24.1 Å². The first-order chi connectivity index (χ1) is 8.25. The first kappa shape index (κ1) is 10.1. The molecule has 1 unspecified atom stereocenters. The zero-order valence-corrected chi connectivity index (χ0v) is 9.60. The highest BCUT2D eigenvalue weighted by molar-refractivity contribution is 6.04. The van der Waals surface area contributed by atoms with Crippen LogP contribution in [0.3, 0.4) is 0 Å². The Balaban J connectivity index is 2.09. The van der Waals surface area contributed by atoms with Crippen molar-refractivity contribution in [2.24, 2.45) is 0 Å². The summed E-state index contributed by atoms with van der Waals surface area (Å²) in [5.74, 6) is -0.0955. The Labute approximate surface area is 100 Å². The summed E-state index contributed by atoms with van der Waals surface area (Å²) < 4.78 is 0. The van der Waals surface area contributed by atoms with Crippen molar-refractivity contribution < 1.29 is 4.79 Å². The zero-order chi connectivity index (χ0) is 11.8. The van der Waals surface area contributed by atoms with Gasteiger partial charge in [0.05, 0.1) is 5.92 Å². The Morgan fingerprint density at radius 1 is 1.00 bits per heavy atom. The average Bonchev–Trinajstić information content (AvgIpc) is 2.66. The molecule has 0 saturated carbocycles. The summed E-state index contributed by atoms with van der Waals surface area (Å²) in [5, 5.41) is 2.92. The minimum atomic E-state index is -0.160. The highest BCUT2D eigenvalue weighted by Crippen LogP contribution is 2.36. The SMILES string of the molecule is Cc1ccc(C2C(=O)Nc3ccccc32)cc1. The van der Waals surface area contributed by atoms with E-state index >= 15 is 0 Å². The van der Waals surface area contributed by atoms with E-state index in [1.54, 1.807) is 0 Å². The lowest BCUT2D eigenvalue weighted by Gasteiger charge is -2.09. The number of para-hydroxylation sites is 1. The first-order valence-corrected chi connectivity index (χ1v) is 5.72. The number of carbonyl (C=O) groups is 1. The van der Waals surface area contributed by atoms with Gasteiger partial charge < -0.3 is 5.32 Å². The number of hydrogen-bond donors (Lipinski definition) is 1. The fourth-order valence-electron chi connectivity index (χ4n) is 2.30. The van der Waals surface area contributed by atoms with E-state index < -0.39 is 0 Å². The Hall–Kier alpha value is -2.09. The maximum absolute atomic E-state index is 12.0. The van der Waals surface area contributed by atoms with Crippen molar-refractivity contribution in [3.8, 4) is 0 Å². The number of nitrogens with one attached hydrogen (secondary N) is 1. The molecule has 2 nitrogen and oxygen atoms in total.